The van der Waals surface area contributed by atoms with Crippen LogP contribution in [-0.2, 0) is 42.8 Å². The summed E-state index contributed by atoms with van der Waals surface area (Å²) in [6.45, 7) is 2.26. The van der Waals surface area contributed by atoms with E-state index >= 15 is 0 Å². The molecule has 0 bridgehead atoms. The second kappa shape index (κ2) is 58.7. The van der Waals surface area contributed by atoms with Gasteiger partial charge in [0.15, 0.2) is 12.6 Å². The Hall–Kier alpha value is -2.27. The lowest BCUT2D eigenvalue weighted by molar-refractivity contribution is -0.386. The predicted molar refractivity (Wildman–Crippen MR) is 394 cm³/mol. The molecule has 2 amide bonds. The van der Waals surface area contributed by atoms with Gasteiger partial charge in [0.2, 0.25) is 11.8 Å². The minimum atomic E-state index is -3.08. The Balaban J connectivity index is 1.44. The van der Waals surface area contributed by atoms with Crippen molar-refractivity contribution in [1.29, 1.82) is 0 Å². The lowest BCUT2D eigenvalue weighted by Crippen LogP contribution is -2.70. The molecule has 18 atom stereocenters. The molecule has 0 spiro atoms. The Morgan fingerprint density at radius 3 is 1.23 bits per heavy atom. The fraction of sp³-hybridized carbons (Fsp3) is 0.962. The monoisotopic (exact) mass is 1460 g/mol. The van der Waals surface area contributed by atoms with Crippen LogP contribution in [0.3, 0.4) is 0 Å². The van der Waals surface area contributed by atoms with E-state index in [9.17, 15) is 75.7 Å². The van der Waals surface area contributed by atoms with Crippen molar-refractivity contribution >= 4 is 17.8 Å². The topological polar surface area (TPSA) is 373 Å². The number of aliphatic carboxylic acids is 1. The predicted octanol–water partition coefficient (Wildman–Crippen LogP) is 11.2. The van der Waals surface area contributed by atoms with Crippen LogP contribution >= 0.6 is 0 Å². The van der Waals surface area contributed by atoms with E-state index in [0.29, 0.717) is 19.3 Å². The summed E-state index contributed by atoms with van der Waals surface area (Å²) in [5.74, 6) is -6.09. The number of rotatable bonds is 66. The fourth-order valence-corrected chi connectivity index (χ4v) is 14.8. The zero-order valence-corrected chi connectivity index (χ0v) is 63.7. The van der Waals surface area contributed by atoms with Gasteiger partial charge in [0, 0.05) is 19.8 Å². The number of aliphatic hydroxyl groups excluding tert-OH is 11. The van der Waals surface area contributed by atoms with Crippen LogP contribution in [0.4, 0.5) is 0 Å². The number of carbonyl (C=O) groups excluding carboxylic acids is 2. The average Bonchev–Trinajstić information content (AvgIpc) is 0.756. The molecule has 3 fully saturated rings. The summed E-state index contributed by atoms with van der Waals surface area (Å²) in [5.41, 5.74) is 0. The van der Waals surface area contributed by atoms with E-state index in [0.717, 1.165) is 51.9 Å². The maximum Gasteiger partial charge on any atom is 0.364 e. The summed E-state index contributed by atoms with van der Waals surface area (Å²) < 4.78 is 35.0. The van der Waals surface area contributed by atoms with Crippen molar-refractivity contribution in [1.82, 2.24) is 10.6 Å². The minimum Gasteiger partial charge on any atom is -0.477 e. The van der Waals surface area contributed by atoms with E-state index in [4.69, 9.17) is 28.4 Å². The van der Waals surface area contributed by atoms with E-state index in [1.54, 1.807) is 0 Å². The zero-order valence-electron chi connectivity index (χ0n) is 63.7. The molecule has 602 valence electrons. The van der Waals surface area contributed by atoms with Crippen molar-refractivity contribution in [2.24, 2.45) is 0 Å². The van der Waals surface area contributed by atoms with Gasteiger partial charge in [-0.25, -0.2) is 4.79 Å². The number of aliphatic hydroxyl groups is 11. The first-order valence-corrected chi connectivity index (χ1v) is 41.4. The number of hydrogen-bond donors (Lipinski definition) is 14. The fourth-order valence-electron chi connectivity index (χ4n) is 14.8. The van der Waals surface area contributed by atoms with Gasteiger partial charge in [0.05, 0.1) is 50.7 Å². The maximum atomic E-state index is 13.5. The van der Waals surface area contributed by atoms with Gasteiger partial charge < -0.3 is 100 Å². The van der Waals surface area contributed by atoms with Crippen LogP contribution in [0.5, 0.6) is 0 Å². The third kappa shape index (κ3) is 38.7. The number of carboxylic acid groups (broad SMARTS) is 1. The summed E-state index contributed by atoms with van der Waals surface area (Å²) in [6.07, 6.45) is 32.7. The van der Waals surface area contributed by atoms with Gasteiger partial charge in [-0.3, -0.25) is 9.59 Å². The molecule has 3 saturated heterocycles. The molecule has 23 nitrogen and oxygen atoms in total. The lowest BCUT2D eigenvalue weighted by atomic mass is 9.88. The van der Waals surface area contributed by atoms with Crippen LogP contribution in [0.15, 0.2) is 0 Å². The Morgan fingerprint density at radius 2 is 0.853 bits per heavy atom. The highest BCUT2D eigenvalue weighted by atomic mass is 16.8. The van der Waals surface area contributed by atoms with Crippen LogP contribution in [-0.4, -0.2) is 215 Å². The Morgan fingerprint density at radius 1 is 0.471 bits per heavy atom. The third-order valence-electron chi connectivity index (χ3n) is 21.3. The normalized spacial score (nSPS) is 26.6. The molecule has 3 heterocycles. The molecule has 0 aromatic carbocycles. The molecule has 0 saturated carbocycles. The van der Waals surface area contributed by atoms with Crippen molar-refractivity contribution in [2.45, 2.75) is 458 Å². The smallest absolute Gasteiger partial charge is 0.364 e. The first-order valence-electron chi connectivity index (χ1n) is 41.4. The van der Waals surface area contributed by atoms with E-state index in [-0.39, 0.29) is 18.9 Å². The second-order valence-electron chi connectivity index (χ2n) is 30.4. The summed E-state index contributed by atoms with van der Waals surface area (Å²) in [5, 5.41) is 136. The summed E-state index contributed by atoms with van der Waals surface area (Å²) in [7, 11) is 0. The van der Waals surface area contributed by atoms with Gasteiger partial charge in [-0.1, -0.05) is 316 Å². The van der Waals surface area contributed by atoms with Crippen molar-refractivity contribution in [3.63, 3.8) is 0 Å². The first-order chi connectivity index (χ1) is 49.4. The molecule has 23 heteroatoms. The Labute approximate surface area is 614 Å². The molecular weight excluding hydrogens is 1310 g/mol. The van der Waals surface area contributed by atoms with Gasteiger partial charge in [-0.15, -0.1) is 0 Å². The summed E-state index contributed by atoms with van der Waals surface area (Å²) in [6, 6.07) is -2.53. The standard InChI is InChI=1S/C79H150N2O21/c1-4-6-8-10-12-14-16-18-20-21-22-23-24-25-26-27-28-29-30-31-32-33-34-35-36-37-39-41-43-45-47-49-51-53-66(89)81-60(61(86)52-50-48-46-44-42-40-38-19-17-15-13-11-9-7-5-2)58-97-76-71(93)70(92)73(65(57-84)99-76)100-77-72(94)75(69(91)64(56-83)98-77)102-79(78(95)96)54-62(87)67(80-59(3)85)74(101-79)68(90)63(88)55-82/h60-65,67-77,82-84,86-88,90-94H,4-58H2,1-3H3,(H,80,85)(H,81,89)(H,95,96). The second-order valence-corrected chi connectivity index (χ2v) is 30.4. The van der Waals surface area contributed by atoms with Crippen molar-refractivity contribution in [2.75, 3.05) is 26.4 Å². The van der Waals surface area contributed by atoms with Gasteiger partial charge >= 0.3 is 5.97 Å². The molecule has 3 rings (SSSR count). The Kier molecular flexibility index (Phi) is 54.1. The highest BCUT2D eigenvalue weighted by Crippen LogP contribution is 2.39. The first kappa shape index (κ1) is 93.9. The van der Waals surface area contributed by atoms with Crippen LogP contribution in [0, 0.1) is 0 Å². The van der Waals surface area contributed by atoms with Crippen LogP contribution in [0.25, 0.3) is 0 Å². The number of carboxylic acids is 1. The van der Waals surface area contributed by atoms with E-state index in [1.807, 2.05) is 0 Å². The minimum absolute atomic E-state index is 0.230. The zero-order chi connectivity index (χ0) is 74.6. The number of unbranched alkanes of at least 4 members (excludes halogenated alkanes) is 46. The molecule has 0 radical (unpaired) electrons. The van der Waals surface area contributed by atoms with Gasteiger partial charge in [-0.2, -0.15) is 0 Å². The van der Waals surface area contributed by atoms with Crippen molar-refractivity contribution in [3.05, 3.63) is 0 Å². The highest BCUT2D eigenvalue weighted by molar-refractivity contribution is 5.77. The molecular formula is C79H150N2O21. The van der Waals surface area contributed by atoms with Gasteiger partial charge in [-0.05, 0) is 12.8 Å². The molecule has 14 N–H and O–H groups in total. The lowest BCUT2D eigenvalue weighted by Gasteiger charge is -2.50. The van der Waals surface area contributed by atoms with E-state index < -0.39 is 148 Å². The van der Waals surface area contributed by atoms with E-state index in [1.165, 1.54) is 250 Å². The molecule has 0 aromatic rings. The van der Waals surface area contributed by atoms with Crippen LogP contribution < -0.4 is 10.6 Å². The number of ether oxygens (including phenoxy) is 6. The molecule has 0 aliphatic carbocycles. The highest BCUT2D eigenvalue weighted by Gasteiger charge is 2.60. The maximum absolute atomic E-state index is 13.5. The summed E-state index contributed by atoms with van der Waals surface area (Å²) in [4.78, 5) is 38.7. The number of amides is 2. The van der Waals surface area contributed by atoms with E-state index in [2.05, 4.69) is 24.5 Å². The molecule has 3 aliphatic rings. The quantitative estimate of drug-likeness (QED) is 0.0252. The molecule has 102 heavy (non-hydrogen) atoms. The molecule has 0 aromatic heterocycles. The summed E-state index contributed by atoms with van der Waals surface area (Å²) >= 11 is 0. The van der Waals surface area contributed by atoms with Crippen molar-refractivity contribution < 1.29 is 104 Å². The average molecular weight is 1460 g/mol. The van der Waals surface area contributed by atoms with Gasteiger partial charge in [0.25, 0.3) is 5.79 Å². The number of hydrogen-bond acceptors (Lipinski definition) is 20. The van der Waals surface area contributed by atoms with Crippen LogP contribution in [0.1, 0.15) is 348 Å². The SMILES string of the molecule is CCCCCCCCCCCCCCCCCCCCCCCCCCCCCCCCCCCC(=O)NC(COC1OC(CO)C(OC2OC(CO)C(O)C(OC3(C(=O)O)CC(O)C(NC(C)=O)C(C(O)C(O)CO)O3)C2O)C(O)C1O)C(O)CCCCCCCCCCCCCCCCC. The Bertz CT molecular complexity index is 2040. The number of nitrogens with one attached hydrogen (secondary N) is 2. The number of carbonyl (C=O) groups is 3. The third-order valence-corrected chi connectivity index (χ3v) is 21.3. The van der Waals surface area contributed by atoms with Gasteiger partial charge in [0.1, 0.15) is 67.1 Å². The van der Waals surface area contributed by atoms with Crippen molar-refractivity contribution in [3.8, 4) is 0 Å². The van der Waals surface area contributed by atoms with Crippen LogP contribution in [0.2, 0.25) is 0 Å². The molecule has 18 unspecified atom stereocenters. The molecule has 3 aliphatic heterocycles. The largest absolute Gasteiger partial charge is 0.477 e.